The van der Waals surface area contributed by atoms with Crippen LogP contribution in [-0.4, -0.2) is 46.6 Å². The molecule has 0 aliphatic rings. The maximum absolute atomic E-state index is 12.6. The predicted octanol–water partition coefficient (Wildman–Crippen LogP) is 4.90. The molecule has 1 amide bonds. The van der Waals surface area contributed by atoms with E-state index in [4.69, 9.17) is 5.41 Å². The van der Waals surface area contributed by atoms with E-state index in [-0.39, 0.29) is 11.9 Å². The largest absolute Gasteiger partial charge is 0.346 e. The number of aromatic amines is 1. The molecule has 0 spiro atoms. The Morgan fingerprint density at radius 1 is 1.31 bits per heavy atom. The smallest absolute Gasteiger partial charge is 0.326 e. The van der Waals surface area contributed by atoms with Crippen molar-refractivity contribution >= 4 is 40.4 Å². The van der Waals surface area contributed by atoms with E-state index in [1.807, 2.05) is 30.6 Å². The van der Waals surface area contributed by atoms with Crippen LogP contribution in [0.2, 0.25) is 0 Å². The molecule has 0 bridgehead atoms. The lowest BCUT2D eigenvalue weighted by Gasteiger charge is -2.09. The summed E-state index contributed by atoms with van der Waals surface area (Å²) in [6.07, 6.45) is 11.5. The average Bonchev–Trinajstić information content (AvgIpc) is 3.42. The fourth-order valence-corrected chi connectivity index (χ4v) is 4.01. The van der Waals surface area contributed by atoms with Gasteiger partial charge in [0.1, 0.15) is 5.65 Å². The summed E-state index contributed by atoms with van der Waals surface area (Å²) < 4.78 is 1.68. The van der Waals surface area contributed by atoms with Gasteiger partial charge in [-0.1, -0.05) is 25.5 Å². The number of benzene rings is 1. The first-order valence-corrected chi connectivity index (χ1v) is 10.9. The molecule has 32 heavy (non-hydrogen) atoms. The SMILES string of the molecule is CCCCNC(=O)n1ccc2c(Cc3c[nH]c4ncc(C(C=N)C=NC)cc34)cccc21. The highest BCUT2D eigenvalue weighted by Gasteiger charge is 2.14. The topological polar surface area (TPSA) is 98.9 Å². The lowest BCUT2D eigenvalue weighted by molar-refractivity contribution is 0.243. The summed E-state index contributed by atoms with van der Waals surface area (Å²) in [5.74, 6) is -0.191. The number of rotatable bonds is 8. The number of carbonyl (C=O) groups is 1. The van der Waals surface area contributed by atoms with Crippen LogP contribution in [0, 0.1) is 5.41 Å². The number of nitrogens with one attached hydrogen (secondary N) is 3. The molecule has 3 heterocycles. The molecule has 0 saturated carbocycles. The third-order valence-corrected chi connectivity index (χ3v) is 5.74. The van der Waals surface area contributed by atoms with Gasteiger partial charge in [-0.15, -0.1) is 0 Å². The molecule has 164 valence electrons. The maximum atomic E-state index is 12.6. The third-order valence-electron chi connectivity index (χ3n) is 5.74. The zero-order chi connectivity index (χ0) is 22.5. The molecule has 0 saturated heterocycles. The second-order valence-electron chi connectivity index (χ2n) is 7.88. The van der Waals surface area contributed by atoms with Gasteiger partial charge >= 0.3 is 6.03 Å². The summed E-state index contributed by atoms with van der Waals surface area (Å²) in [5.41, 5.74) is 4.93. The van der Waals surface area contributed by atoms with Gasteiger partial charge in [0.25, 0.3) is 0 Å². The van der Waals surface area contributed by atoms with E-state index in [2.05, 4.69) is 39.3 Å². The van der Waals surface area contributed by atoms with E-state index in [1.165, 1.54) is 6.21 Å². The summed E-state index contributed by atoms with van der Waals surface area (Å²) >= 11 is 0. The van der Waals surface area contributed by atoms with E-state index >= 15 is 0 Å². The number of aliphatic imine (C=N–C) groups is 1. The van der Waals surface area contributed by atoms with Crippen LogP contribution in [-0.2, 0) is 6.42 Å². The Labute approximate surface area is 187 Å². The molecular weight excluding hydrogens is 400 g/mol. The highest BCUT2D eigenvalue weighted by molar-refractivity contribution is 5.94. The minimum Gasteiger partial charge on any atom is -0.346 e. The monoisotopic (exact) mass is 428 g/mol. The first kappa shape index (κ1) is 21.5. The number of pyridine rings is 1. The molecule has 7 heteroatoms. The summed E-state index contributed by atoms with van der Waals surface area (Å²) in [6, 6.07) is 10.1. The van der Waals surface area contributed by atoms with Gasteiger partial charge in [0.05, 0.1) is 11.4 Å². The Morgan fingerprint density at radius 3 is 2.97 bits per heavy atom. The molecule has 3 N–H and O–H groups in total. The Balaban J connectivity index is 1.66. The Kier molecular flexibility index (Phi) is 6.44. The molecule has 0 aliphatic heterocycles. The number of aromatic nitrogens is 3. The second-order valence-corrected chi connectivity index (χ2v) is 7.88. The predicted molar refractivity (Wildman–Crippen MR) is 130 cm³/mol. The van der Waals surface area contributed by atoms with Gasteiger partial charge in [0.15, 0.2) is 0 Å². The quantitative estimate of drug-likeness (QED) is 0.275. The van der Waals surface area contributed by atoms with Gasteiger partial charge < -0.3 is 15.7 Å². The summed E-state index contributed by atoms with van der Waals surface area (Å²) in [5, 5.41) is 12.8. The number of amides is 1. The molecule has 3 aromatic heterocycles. The summed E-state index contributed by atoms with van der Waals surface area (Å²) in [6.45, 7) is 2.79. The van der Waals surface area contributed by atoms with Gasteiger partial charge in [-0.2, -0.15) is 0 Å². The van der Waals surface area contributed by atoms with Crippen LogP contribution in [0.3, 0.4) is 0 Å². The van der Waals surface area contributed by atoms with Gasteiger partial charge in [-0.3, -0.25) is 9.56 Å². The van der Waals surface area contributed by atoms with Crippen LogP contribution in [0.15, 0.2) is 53.9 Å². The van der Waals surface area contributed by atoms with Gasteiger partial charge in [0, 0.05) is 61.8 Å². The van der Waals surface area contributed by atoms with Crippen LogP contribution in [0.1, 0.15) is 42.4 Å². The van der Waals surface area contributed by atoms with Crippen LogP contribution in [0.4, 0.5) is 4.79 Å². The molecule has 1 aromatic carbocycles. The molecule has 4 rings (SSSR count). The zero-order valence-corrected chi connectivity index (χ0v) is 18.4. The summed E-state index contributed by atoms with van der Waals surface area (Å²) in [7, 11) is 1.71. The Bertz CT molecular complexity index is 1280. The number of carbonyl (C=O) groups excluding carboxylic acids is 1. The number of hydrogen-bond donors (Lipinski definition) is 3. The standard InChI is InChI=1S/C25H28N6O/c1-3-4-9-28-25(32)31-10-8-21-17(6-5-7-23(21)31)11-19-16-30-24-22(19)12-18(15-29-24)20(13-26)14-27-2/h5-8,10,12-16,20,26H,3-4,9,11H2,1-2H3,(H,28,32)(H,29,30). The fourth-order valence-electron chi connectivity index (χ4n) is 4.01. The van der Waals surface area contributed by atoms with E-state index in [9.17, 15) is 4.79 Å². The van der Waals surface area contributed by atoms with Gasteiger partial charge in [0.2, 0.25) is 0 Å². The number of unbranched alkanes of at least 4 members (excludes halogenated alkanes) is 1. The van der Waals surface area contributed by atoms with Crippen LogP contribution in [0.5, 0.6) is 0 Å². The molecule has 7 nitrogen and oxygen atoms in total. The Hall–Kier alpha value is -3.74. The Morgan fingerprint density at radius 2 is 2.19 bits per heavy atom. The van der Waals surface area contributed by atoms with E-state index in [0.29, 0.717) is 13.0 Å². The molecule has 1 unspecified atom stereocenters. The van der Waals surface area contributed by atoms with Crippen LogP contribution in [0.25, 0.3) is 21.9 Å². The highest BCUT2D eigenvalue weighted by atomic mass is 16.2. The van der Waals surface area contributed by atoms with Crippen molar-refractivity contribution in [1.29, 1.82) is 5.41 Å². The molecule has 1 atom stereocenters. The number of H-pyrrole nitrogens is 1. The first-order chi connectivity index (χ1) is 15.7. The average molecular weight is 429 g/mol. The minimum atomic E-state index is -0.191. The van der Waals surface area contributed by atoms with Crippen LogP contribution < -0.4 is 5.32 Å². The van der Waals surface area contributed by atoms with E-state index in [1.54, 1.807) is 24.0 Å². The number of nitrogens with zero attached hydrogens (tertiary/aromatic N) is 3. The van der Waals surface area contributed by atoms with Crippen molar-refractivity contribution in [3.8, 4) is 0 Å². The lowest BCUT2D eigenvalue weighted by atomic mass is 9.98. The van der Waals surface area contributed by atoms with Crippen LogP contribution >= 0.6 is 0 Å². The maximum Gasteiger partial charge on any atom is 0.326 e. The van der Waals surface area contributed by atoms with Crippen molar-refractivity contribution in [2.45, 2.75) is 32.1 Å². The third kappa shape index (κ3) is 4.19. The molecule has 0 aliphatic carbocycles. The molecular formula is C25H28N6O. The number of fused-ring (bicyclic) bond motifs is 2. The second kappa shape index (κ2) is 9.60. The van der Waals surface area contributed by atoms with Crippen molar-refractivity contribution < 1.29 is 4.79 Å². The highest BCUT2D eigenvalue weighted by Crippen LogP contribution is 2.27. The van der Waals surface area contributed by atoms with E-state index < -0.39 is 0 Å². The first-order valence-electron chi connectivity index (χ1n) is 10.9. The normalized spacial score (nSPS) is 12.6. The molecule has 0 radical (unpaired) electrons. The fraction of sp³-hybridized carbons (Fsp3) is 0.280. The van der Waals surface area contributed by atoms with Crippen molar-refractivity contribution in [1.82, 2.24) is 19.9 Å². The lowest BCUT2D eigenvalue weighted by Crippen LogP contribution is -2.28. The van der Waals surface area contributed by atoms with Crippen molar-refractivity contribution in [2.24, 2.45) is 4.99 Å². The van der Waals surface area contributed by atoms with Crippen molar-refractivity contribution in [3.05, 3.63) is 65.6 Å². The van der Waals surface area contributed by atoms with Crippen molar-refractivity contribution in [2.75, 3.05) is 13.6 Å². The summed E-state index contributed by atoms with van der Waals surface area (Å²) in [4.78, 5) is 24.5. The molecule has 4 aromatic rings. The van der Waals surface area contributed by atoms with Gasteiger partial charge in [-0.25, -0.2) is 9.78 Å². The van der Waals surface area contributed by atoms with Gasteiger partial charge in [-0.05, 0) is 41.3 Å². The van der Waals surface area contributed by atoms with E-state index in [0.717, 1.165) is 51.5 Å². The molecule has 0 fully saturated rings. The number of hydrogen-bond acceptors (Lipinski definition) is 4. The minimum absolute atomic E-state index is 0.0955. The zero-order valence-electron chi connectivity index (χ0n) is 18.4. The van der Waals surface area contributed by atoms with Crippen molar-refractivity contribution in [3.63, 3.8) is 0 Å².